The van der Waals surface area contributed by atoms with Gasteiger partial charge in [-0.05, 0) is 35.5 Å². The molecule has 2 rings (SSSR count). The predicted molar refractivity (Wildman–Crippen MR) is 61.7 cm³/mol. The number of rotatable bonds is 2. The van der Waals surface area contributed by atoms with Crippen LogP contribution < -0.4 is 11.1 Å². The largest absolute Gasteiger partial charge is 0.361 e. The molecule has 92 valence electrons. The van der Waals surface area contributed by atoms with E-state index in [1.54, 1.807) is 31.2 Å². The third-order valence-corrected chi connectivity index (χ3v) is 2.20. The van der Waals surface area contributed by atoms with Gasteiger partial charge >= 0.3 is 11.8 Å². The first-order chi connectivity index (χ1) is 8.58. The van der Waals surface area contributed by atoms with Crippen LogP contribution in [0, 0.1) is 6.92 Å². The lowest BCUT2D eigenvalue weighted by Crippen LogP contribution is -2.29. The van der Waals surface area contributed by atoms with Crippen LogP contribution in [0.3, 0.4) is 0 Å². The number of tetrazole rings is 1. The van der Waals surface area contributed by atoms with E-state index < -0.39 is 11.8 Å². The monoisotopic (exact) mass is 246 g/mol. The topological polar surface area (TPSA) is 116 Å². The van der Waals surface area contributed by atoms with Crippen molar-refractivity contribution in [2.24, 2.45) is 5.73 Å². The van der Waals surface area contributed by atoms with Gasteiger partial charge in [-0.15, -0.1) is 5.10 Å². The first-order valence-electron chi connectivity index (χ1n) is 5.04. The SMILES string of the molecule is Cc1nnnn1-c1cccc(NC(=O)C(N)=O)c1. The molecule has 0 aliphatic rings. The summed E-state index contributed by atoms with van der Waals surface area (Å²) in [6.07, 6.45) is 0. The molecule has 0 aliphatic heterocycles. The van der Waals surface area contributed by atoms with Crippen molar-refractivity contribution >= 4 is 17.5 Å². The third kappa shape index (κ3) is 2.32. The fourth-order valence-corrected chi connectivity index (χ4v) is 1.38. The first kappa shape index (κ1) is 11.7. The minimum Gasteiger partial charge on any atom is -0.361 e. The number of nitrogens with one attached hydrogen (secondary N) is 1. The molecule has 1 aromatic heterocycles. The number of benzene rings is 1. The zero-order valence-corrected chi connectivity index (χ0v) is 9.49. The number of carbonyl (C=O) groups excluding carboxylic acids is 2. The highest BCUT2D eigenvalue weighted by Gasteiger charge is 2.10. The number of aryl methyl sites for hydroxylation is 1. The Bertz CT molecular complexity index is 606. The molecular formula is C10H10N6O2. The zero-order chi connectivity index (χ0) is 13.1. The molecule has 18 heavy (non-hydrogen) atoms. The highest BCUT2D eigenvalue weighted by Crippen LogP contribution is 2.14. The second-order valence-corrected chi connectivity index (χ2v) is 3.51. The Morgan fingerprint density at radius 3 is 2.78 bits per heavy atom. The Labute approximate surface area is 102 Å². The second kappa shape index (κ2) is 4.62. The maximum absolute atomic E-state index is 11.1. The smallest absolute Gasteiger partial charge is 0.313 e. The number of hydrogen-bond donors (Lipinski definition) is 2. The molecule has 0 spiro atoms. The van der Waals surface area contributed by atoms with Crippen molar-refractivity contribution in [3.63, 3.8) is 0 Å². The molecule has 2 aromatic rings. The first-order valence-corrected chi connectivity index (χ1v) is 5.04. The fraction of sp³-hybridized carbons (Fsp3) is 0.100. The second-order valence-electron chi connectivity index (χ2n) is 3.51. The van der Waals surface area contributed by atoms with Gasteiger partial charge in [-0.3, -0.25) is 9.59 Å². The number of hydrogen-bond acceptors (Lipinski definition) is 5. The Morgan fingerprint density at radius 1 is 1.39 bits per heavy atom. The van der Waals surface area contributed by atoms with Crippen LogP contribution in [0.4, 0.5) is 5.69 Å². The molecule has 0 saturated carbocycles. The number of amides is 2. The van der Waals surface area contributed by atoms with E-state index >= 15 is 0 Å². The maximum Gasteiger partial charge on any atom is 0.313 e. The number of nitrogens with zero attached hydrogens (tertiary/aromatic N) is 4. The Morgan fingerprint density at radius 2 is 2.17 bits per heavy atom. The number of aromatic nitrogens is 4. The van der Waals surface area contributed by atoms with E-state index in [0.717, 1.165) is 0 Å². The summed E-state index contributed by atoms with van der Waals surface area (Å²) in [6.45, 7) is 1.74. The lowest BCUT2D eigenvalue weighted by atomic mass is 10.2. The van der Waals surface area contributed by atoms with Gasteiger partial charge in [-0.1, -0.05) is 6.07 Å². The summed E-state index contributed by atoms with van der Waals surface area (Å²) in [5.74, 6) is -1.31. The molecule has 8 nitrogen and oxygen atoms in total. The molecule has 0 atom stereocenters. The molecule has 0 unspecified atom stereocenters. The van der Waals surface area contributed by atoms with Crippen LogP contribution in [0.5, 0.6) is 0 Å². The standard InChI is InChI=1S/C10H10N6O2/c1-6-13-14-15-16(6)8-4-2-3-7(5-8)12-10(18)9(11)17/h2-5H,1H3,(H2,11,17)(H,12,18). The summed E-state index contributed by atoms with van der Waals surface area (Å²) in [5, 5.41) is 13.4. The van der Waals surface area contributed by atoms with E-state index in [1.807, 2.05) is 0 Å². The molecule has 0 fully saturated rings. The molecule has 8 heteroatoms. The normalized spacial score (nSPS) is 10.1. The fourth-order valence-electron chi connectivity index (χ4n) is 1.38. The van der Waals surface area contributed by atoms with Crippen LogP contribution in [0.25, 0.3) is 5.69 Å². The van der Waals surface area contributed by atoms with E-state index in [0.29, 0.717) is 17.2 Å². The molecule has 1 aromatic carbocycles. The van der Waals surface area contributed by atoms with Gasteiger partial charge in [0, 0.05) is 5.69 Å². The molecule has 0 bridgehead atoms. The van der Waals surface area contributed by atoms with Gasteiger partial charge < -0.3 is 11.1 Å². The summed E-state index contributed by atoms with van der Waals surface area (Å²) >= 11 is 0. The van der Waals surface area contributed by atoms with Gasteiger partial charge in [0.25, 0.3) is 0 Å². The van der Waals surface area contributed by atoms with Crippen molar-refractivity contribution in [3.8, 4) is 5.69 Å². The minimum atomic E-state index is -1.04. The van der Waals surface area contributed by atoms with Gasteiger partial charge in [-0.2, -0.15) is 4.68 Å². The number of primary amides is 1. The van der Waals surface area contributed by atoms with Gasteiger partial charge in [0.05, 0.1) is 5.69 Å². The lowest BCUT2D eigenvalue weighted by molar-refractivity contribution is -0.134. The molecule has 0 radical (unpaired) electrons. The van der Waals surface area contributed by atoms with Crippen LogP contribution >= 0.6 is 0 Å². The minimum absolute atomic E-state index is 0.436. The lowest BCUT2D eigenvalue weighted by Gasteiger charge is -2.05. The van der Waals surface area contributed by atoms with Crippen molar-refractivity contribution in [2.45, 2.75) is 6.92 Å². The van der Waals surface area contributed by atoms with Crippen molar-refractivity contribution in [2.75, 3.05) is 5.32 Å². The van der Waals surface area contributed by atoms with E-state index in [1.165, 1.54) is 4.68 Å². The number of anilines is 1. The van der Waals surface area contributed by atoms with Crippen molar-refractivity contribution in [3.05, 3.63) is 30.1 Å². The van der Waals surface area contributed by atoms with Crippen LogP contribution in [0.1, 0.15) is 5.82 Å². The average Bonchev–Trinajstić information content (AvgIpc) is 2.75. The highest BCUT2D eigenvalue weighted by atomic mass is 16.2. The molecule has 0 aliphatic carbocycles. The predicted octanol–water partition coefficient (Wildman–Crippen LogP) is -0.605. The average molecular weight is 246 g/mol. The molecule has 1 heterocycles. The summed E-state index contributed by atoms with van der Waals surface area (Å²) in [7, 11) is 0. The summed E-state index contributed by atoms with van der Waals surface area (Å²) in [6, 6.07) is 6.73. The van der Waals surface area contributed by atoms with Crippen LogP contribution in [-0.4, -0.2) is 32.0 Å². The highest BCUT2D eigenvalue weighted by molar-refractivity contribution is 6.39. The van der Waals surface area contributed by atoms with Crippen molar-refractivity contribution < 1.29 is 9.59 Å². The van der Waals surface area contributed by atoms with Crippen LogP contribution in [0.15, 0.2) is 24.3 Å². The van der Waals surface area contributed by atoms with Crippen molar-refractivity contribution in [1.82, 2.24) is 20.2 Å². The Kier molecular flexibility index (Phi) is 3.00. The Balaban J connectivity index is 2.29. The molecule has 3 N–H and O–H groups in total. The summed E-state index contributed by atoms with van der Waals surface area (Å²) in [5.41, 5.74) is 5.95. The van der Waals surface area contributed by atoms with Crippen LogP contribution in [-0.2, 0) is 9.59 Å². The van der Waals surface area contributed by atoms with E-state index in [4.69, 9.17) is 5.73 Å². The maximum atomic E-state index is 11.1. The number of carbonyl (C=O) groups is 2. The number of nitrogens with two attached hydrogens (primary N) is 1. The van der Waals surface area contributed by atoms with Gasteiger partial charge in [0.15, 0.2) is 5.82 Å². The Hall–Kier alpha value is -2.77. The third-order valence-electron chi connectivity index (χ3n) is 2.20. The van der Waals surface area contributed by atoms with Gasteiger partial charge in [-0.25, -0.2) is 0 Å². The van der Waals surface area contributed by atoms with E-state index in [2.05, 4.69) is 20.8 Å². The summed E-state index contributed by atoms with van der Waals surface area (Å²) < 4.78 is 1.50. The molecular weight excluding hydrogens is 236 g/mol. The quantitative estimate of drug-likeness (QED) is 0.686. The molecule has 2 amide bonds. The van der Waals surface area contributed by atoms with Crippen LogP contribution in [0.2, 0.25) is 0 Å². The molecule has 0 saturated heterocycles. The zero-order valence-electron chi connectivity index (χ0n) is 9.49. The van der Waals surface area contributed by atoms with E-state index in [9.17, 15) is 9.59 Å². The van der Waals surface area contributed by atoms with Gasteiger partial charge in [0.2, 0.25) is 0 Å². The summed E-state index contributed by atoms with van der Waals surface area (Å²) in [4.78, 5) is 21.8. The van der Waals surface area contributed by atoms with Gasteiger partial charge in [0.1, 0.15) is 0 Å². The van der Waals surface area contributed by atoms with Crippen molar-refractivity contribution in [1.29, 1.82) is 0 Å². The van der Waals surface area contributed by atoms with E-state index in [-0.39, 0.29) is 0 Å².